The van der Waals surface area contributed by atoms with E-state index in [1.807, 2.05) is 11.4 Å². The van der Waals surface area contributed by atoms with Gasteiger partial charge >= 0.3 is 0 Å². The van der Waals surface area contributed by atoms with Crippen molar-refractivity contribution in [2.24, 2.45) is 0 Å². The second kappa shape index (κ2) is 10.1. The molecule has 0 radical (unpaired) electrons. The van der Waals surface area contributed by atoms with Gasteiger partial charge in [0.15, 0.2) is 11.5 Å². The molecule has 152 valence electrons. The van der Waals surface area contributed by atoms with Gasteiger partial charge in [-0.15, -0.1) is 11.3 Å². The van der Waals surface area contributed by atoms with Crippen LogP contribution >= 0.6 is 11.3 Å². The van der Waals surface area contributed by atoms with E-state index in [9.17, 15) is 10.1 Å². The molecule has 2 aromatic carbocycles. The smallest absolute Gasteiger partial charge is 0.266 e. The average molecular weight is 421 g/mol. The largest absolute Gasteiger partial charge is 0.493 e. The SMILES string of the molecule is COc1ccc(NC(=O)/C(C#N)=C/c2ccc(OCc3cscn3)cc2)cc1OC. The van der Waals surface area contributed by atoms with Crippen LogP contribution in [0.5, 0.6) is 17.2 Å². The van der Waals surface area contributed by atoms with Crippen molar-refractivity contribution in [3.8, 4) is 23.3 Å². The molecule has 30 heavy (non-hydrogen) atoms. The minimum absolute atomic E-state index is 0.0269. The number of carbonyl (C=O) groups excluding carboxylic acids is 1. The predicted octanol–water partition coefficient (Wildman–Crippen LogP) is 4.28. The number of hydrogen-bond acceptors (Lipinski definition) is 7. The Bertz CT molecular complexity index is 1070. The third kappa shape index (κ3) is 5.37. The van der Waals surface area contributed by atoms with E-state index in [1.165, 1.54) is 31.6 Å². The van der Waals surface area contributed by atoms with Crippen LogP contribution < -0.4 is 19.5 Å². The van der Waals surface area contributed by atoms with Gasteiger partial charge in [0.2, 0.25) is 0 Å². The number of hydrogen-bond donors (Lipinski definition) is 1. The fourth-order valence-corrected chi connectivity index (χ4v) is 3.10. The van der Waals surface area contributed by atoms with Crippen LogP contribution in [0.4, 0.5) is 5.69 Å². The number of methoxy groups -OCH3 is 2. The lowest BCUT2D eigenvalue weighted by molar-refractivity contribution is -0.112. The summed E-state index contributed by atoms with van der Waals surface area (Å²) in [6.07, 6.45) is 1.51. The molecule has 1 heterocycles. The van der Waals surface area contributed by atoms with Crippen LogP contribution in [-0.4, -0.2) is 25.1 Å². The Morgan fingerprint density at radius 3 is 2.57 bits per heavy atom. The van der Waals surface area contributed by atoms with Crippen molar-refractivity contribution in [3.05, 3.63) is 70.2 Å². The van der Waals surface area contributed by atoms with Gasteiger partial charge in [-0.2, -0.15) is 5.26 Å². The molecule has 1 N–H and O–H groups in total. The molecule has 3 aromatic rings. The average Bonchev–Trinajstić information content (AvgIpc) is 3.30. The monoisotopic (exact) mass is 421 g/mol. The highest BCUT2D eigenvalue weighted by molar-refractivity contribution is 7.07. The summed E-state index contributed by atoms with van der Waals surface area (Å²) in [6, 6.07) is 14.0. The van der Waals surface area contributed by atoms with E-state index in [4.69, 9.17) is 14.2 Å². The Morgan fingerprint density at radius 1 is 1.17 bits per heavy atom. The highest BCUT2D eigenvalue weighted by atomic mass is 32.1. The maximum Gasteiger partial charge on any atom is 0.266 e. The van der Waals surface area contributed by atoms with Crippen LogP contribution in [0, 0.1) is 11.3 Å². The number of anilines is 1. The van der Waals surface area contributed by atoms with E-state index in [2.05, 4.69) is 10.3 Å². The van der Waals surface area contributed by atoms with Crippen molar-refractivity contribution in [1.29, 1.82) is 5.26 Å². The lowest BCUT2D eigenvalue weighted by Gasteiger charge is -2.10. The lowest BCUT2D eigenvalue weighted by atomic mass is 10.1. The highest BCUT2D eigenvalue weighted by Gasteiger charge is 2.12. The minimum atomic E-state index is -0.520. The van der Waals surface area contributed by atoms with Crippen molar-refractivity contribution in [3.63, 3.8) is 0 Å². The Morgan fingerprint density at radius 2 is 1.93 bits per heavy atom. The van der Waals surface area contributed by atoms with Gasteiger partial charge in [-0.1, -0.05) is 12.1 Å². The molecule has 0 atom stereocenters. The predicted molar refractivity (Wildman–Crippen MR) is 115 cm³/mol. The summed E-state index contributed by atoms with van der Waals surface area (Å²) >= 11 is 1.51. The van der Waals surface area contributed by atoms with Crippen LogP contribution in [0.15, 0.2) is 58.9 Å². The van der Waals surface area contributed by atoms with E-state index >= 15 is 0 Å². The second-order valence-corrected chi connectivity index (χ2v) is 6.75. The molecule has 0 spiro atoms. The van der Waals surface area contributed by atoms with Gasteiger partial charge in [0.05, 0.1) is 25.4 Å². The minimum Gasteiger partial charge on any atom is -0.493 e. The molecule has 0 aliphatic carbocycles. The molecular formula is C22H19N3O4S. The molecule has 0 unspecified atom stereocenters. The first-order valence-electron chi connectivity index (χ1n) is 8.88. The van der Waals surface area contributed by atoms with Gasteiger partial charge in [-0.05, 0) is 35.9 Å². The first-order valence-corrected chi connectivity index (χ1v) is 9.82. The third-order valence-electron chi connectivity index (χ3n) is 4.07. The van der Waals surface area contributed by atoms with Crippen LogP contribution in [0.2, 0.25) is 0 Å². The number of aromatic nitrogens is 1. The maximum atomic E-state index is 12.5. The molecular weight excluding hydrogens is 402 g/mol. The number of carbonyl (C=O) groups is 1. The van der Waals surface area contributed by atoms with Crippen molar-refractivity contribution in [2.75, 3.05) is 19.5 Å². The molecule has 0 bridgehead atoms. The van der Waals surface area contributed by atoms with Gasteiger partial charge in [0.1, 0.15) is 24.0 Å². The van der Waals surface area contributed by atoms with Gasteiger partial charge < -0.3 is 19.5 Å². The van der Waals surface area contributed by atoms with E-state index in [-0.39, 0.29) is 5.57 Å². The third-order valence-corrected chi connectivity index (χ3v) is 4.70. The molecule has 0 aliphatic heterocycles. The highest BCUT2D eigenvalue weighted by Crippen LogP contribution is 2.30. The van der Waals surface area contributed by atoms with Crippen molar-refractivity contribution < 1.29 is 19.0 Å². The van der Waals surface area contributed by atoms with Crippen molar-refractivity contribution >= 4 is 29.0 Å². The zero-order valence-electron chi connectivity index (χ0n) is 16.4. The Labute approximate surface area is 178 Å². The van der Waals surface area contributed by atoms with Crippen molar-refractivity contribution in [2.45, 2.75) is 6.61 Å². The van der Waals surface area contributed by atoms with E-state index in [0.717, 1.165) is 5.69 Å². The number of nitriles is 1. The van der Waals surface area contributed by atoms with E-state index in [1.54, 1.807) is 48.0 Å². The van der Waals surface area contributed by atoms with Crippen molar-refractivity contribution in [1.82, 2.24) is 4.98 Å². The van der Waals surface area contributed by atoms with E-state index < -0.39 is 5.91 Å². The molecule has 3 rings (SSSR count). The topological polar surface area (TPSA) is 93.5 Å². The van der Waals surface area contributed by atoms with Crippen LogP contribution in [0.1, 0.15) is 11.3 Å². The Balaban J connectivity index is 1.67. The molecule has 0 saturated carbocycles. The summed E-state index contributed by atoms with van der Waals surface area (Å²) in [5, 5.41) is 14.0. The summed E-state index contributed by atoms with van der Waals surface area (Å²) in [7, 11) is 3.04. The van der Waals surface area contributed by atoms with Crippen LogP contribution in [-0.2, 0) is 11.4 Å². The number of ether oxygens (including phenoxy) is 3. The normalized spacial score (nSPS) is 10.8. The van der Waals surface area contributed by atoms with E-state index in [0.29, 0.717) is 35.1 Å². The second-order valence-electron chi connectivity index (χ2n) is 6.03. The van der Waals surface area contributed by atoms with Gasteiger partial charge in [0.25, 0.3) is 5.91 Å². The lowest BCUT2D eigenvalue weighted by Crippen LogP contribution is -2.13. The molecule has 0 fully saturated rings. The summed E-state index contributed by atoms with van der Waals surface area (Å²) in [5.41, 5.74) is 3.78. The molecule has 7 nitrogen and oxygen atoms in total. The fourth-order valence-electron chi connectivity index (χ4n) is 2.55. The molecule has 0 aliphatic rings. The molecule has 8 heteroatoms. The summed E-state index contributed by atoms with van der Waals surface area (Å²) < 4.78 is 16.1. The molecule has 1 amide bonds. The number of rotatable bonds is 8. The maximum absolute atomic E-state index is 12.5. The van der Waals surface area contributed by atoms with Gasteiger partial charge in [-0.3, -0.25) is 4.79 Å². The van der Waals surface area contributed by atoms with Gasteiger partial charge in [-0.25, -0.2) is 4.98 Å². The number of nitrogens with one attached hydrogen (secondary N) is 1. The Hall–Kier alpha value is -3.83. The fraction of sp³-hybridized carbons (Fsp3) is 0.136. The summed E-state index contributed by atoms with van der Waals surface area (Å²) in [6.45, 7) is 0.385. The standard InChI is InChI=1S/C22H19N3O4S/c1-27-20-8-5-17(10-21(20)28-2)25-22(26)16(11-23)9-15-3-6-19(7-4-15)29-12-18-13-30-14-24-18/h3-10,13-14H,12H2,1-2H3,(H,25,26)/b16-9+. The first-order chi connectivity index (χ1) is 14.6. The number of thiazole rings is 1. The zero-order chi connectivity index (χ0) is 21.3. The quantitative estimate of drug-likeness (QED) is 0.431. The molecule has 1 aromatic heterocycles. The first kappa shape index (κ1) is 20.9. The molecule has 0 saturated heterocycles. The summed E-state index contributed by atoms with van der Waals surface area (Å²) in [4.78, 5) is 16.7. The summed E-state index contributed by atoms with van der Waals surface area (Å²) in [5.74, 6) is 1.18. The zero-order valence-corrected chi connectivity index (χ0v) is 17.2. The number of nitrogens with zero attached hydrogens (tertiary/aromatic N) is 2. The number of amides is 1. The van der Waals surface area contributed by atoms with Crippen LogP contribution in [0.3, 0.4) is 0 Å². The number of benzene rings is 2. The Kier molecular flexibility index (Phi) is 7.03. The van der Waals surface area contributed by atoms with Gasteiger partial charge in [0, 0.05) is 17.1 Å². The van der Waals surface area contributed by atoms with Crippen LogP contribution in [0.25, 0.3) is 6.08 Å².